The second kappa shape index (κ2) is 10.5. The SMILES string of the molecule is CCN1CCC(C(=O)NO)(S(=O)c2ccc(-c3ccc(CCC(C)F)cc3)cc2)CC1. The molecule has 0 aliphatic carbocycles. The Bertz CT molecular complexity index is 892. The summed E-state index contributed by atoms with van der Waals surface area (Å²) in [6, 6.07) is 15.4. The molecule has 1 aliphatic rings. The predicted molar refractivity (Wildman–Crippen MR) is 121 cm³/mol. The van der Waals surface area contributed by atoms with Gasteiger partial charge < -0.3 is 4.90 Å². The number of benzene rings is 2. The van der Waals surface area contributed by atoms with Gasteiger partial charge in [-0.2, -0.15) is 0 Å². The van der Waals surface area contributed by atoms with E-state index in [1.807, 2.05) is 36.4 Å². The molecule has 1 saturated heterocycles. The quantitative estimate of drug-likeness (QED) is 0.473. The summed E-state index contributed by atoms with van der Waals surface area (Å²) in [5.41, 5.74) is 4.84. The minimum Gasteiger partial charge on any atom is -0.303 e. The summed E-state index contributed by atoms with van der Waals surface area (Å²) < 4.78 is 25.3. The maximum absolute atomic E-state index is 13.4. The van der Waals surface area contributed by atoms with Crippen molar-refractivity contribution in [2.75, 3.05) is 19.6 Å². The molecule has 7 heteroatoms. The molecule has 0 bridgehead atoms. The smallest absolute Gasteiger partial charge is 0.262 e. The third kappa shape index (κ3) is 5.40. The first-order valence-corrected chi connectivity index (χ1v) is 12.0. The van der Waals surface area contributed by atoms with Crippen LogP contribution in [0, 0.1) is 0 Å². The highest BCUT2D eigenvalue weighted by atomic mass is 32.2. The molecule has 1 amide bonds. The van der Waals surface area contributed by atoms with Crippen molar-refractivity contribution in [2.24, 2.45) is 0 Å². The van der Waals surface area contributed by atoms with Crippen LogP contribution in [0.25, 0.3) is 11.1 Å². The van der Waals surface area contributed by atoms with Gasteiger partial charge in [0.15, 0.2) is 0 Å². The van der Waals surface area contributed by atoms with E-state index < -0.39 is 27.6 Å². The third-order valence-corrected chi connectivity index (χ3v) is 8.17. The van der Waals surface area contributed by atoms with E-state index >= 15 is 0 Å². The minimum absolute atomic E-state index is 0.431. The molecule has 31 heavy (non-hydrogen) atoms. The molecule has 5 nitrogen and oxygen atoms in total. The zero-order valence-corrected chi connectivity index (χ0v) is 19.0. The maximum atomic E-state index is 13.4. The zero-order chi connectivity index (χ0) is 22.4. The molecule has 2 atom stereocenters. The fraction of sp³-hybridized carbons (Fsp3) is 0.458. The molecule has 1 heterocycles. The number of alkyl halides is 1. The largest absolute Gasteiger partial charge is 0.303 e. The van der Waals surface area contributed by atoms with Crippen molar-refractivity contribution in [2.45, 2.75) is 55.3 Å². The maximum Gasteiger partial charge on any atom is 0.262 e. The Labute approximate surface area is 186 Å². The summed E-state index contributed by atoms with van der Waals surface area (Å²) in [4.78, 5) is 15.3. The highest BCUT2D eigenvalue weighted by Crippen LogP contribution is 2.34. The van der Waals surface area contributed by atoms with Crippen LogP contribution in [-0.4, -0.2) is 50.8 Å². The molecular weight excluding hydrogens is 415 g/mol. The van der Waals surface area contributed by atoms with Crippen LogP contribution in [-0.2, 0) is 22.0 Å². The van der Waals surface area contributed by atoms with Crippen LogP contribution in [0.2, 0.25) is 0 Å². The molecule has 2 N–H and O–H groups in total. The summed E-state index contributed by atoms with van der Waals surface area (Å²) in [7, 11) is -1.59. The number of nitrogens with zero attached hydrogens (tertiary/aromatic N) is 1. The molecule has 3 rings (SSSR count). The topological polar surface area (TPSA) is 69.6 Å². The minimum atomic E-state index is -1.59. The van der Waals surface area contributed by atoms with E-state index in [2.05, 4.69) is 11.8 Å². The van der Waals surface area contributed by atoms with Crippen molar-refractivity contribution in [3.63, 3.8) is 0 Å². The third-order valence-electron chi connectivity index (χ3n) is 6.17. The summed E-state index contributed by atoms with van der Waals surface area (Å²) in [6.07, 6.45) is 1.28. The molecule has 0 spiro atoms. The molecule has 168 valence electrons. The van der Waals surface area contributed by atoms with Crippen molar-refractivity contribution in [3.05, 3.63) is 54.1 Å². The number of rotatable bonds is 8. The van der Waals surface area contributed by atoms with Gasteiger partial charge in [-0.3, -0.25) is 14.2 Å². The summed E-state index contributed by atoms with van der Waals surface area (Å²) >= 11 is 0. The van der Waals surface area contributed by atoms with Crippen LogP contribution < -0.4 is 5.48 Å². The molecule has 0 aromatic heterocycles. The van der Waals surface area contributed by atoms with Crippen molar-refractivity contribution >= 4 is 16.7 Å². The van der Waals surface area contributed by atoms with E-state index in [4.69, 9.17) is 0 Å². The van der Waals surface area contributed by atoms with Gasteiger partial charge in [-0.15, -0.1) is 0 Å². The number of carbonyl (C=O) groups is 1. The summed E-state index contributed by atoms with van der Waals surface area (Å²) in [5.74, 6) is -0.580. The van der Waals surface area contributed by atoms with Gasteiger partial charge in [0.1, 0.15) is 4.75 Å². The van der Waals surface area contributed by atoms with Gasteiger partial charge in [0.05, 0.1) is 17.0 Å². The lowest BCUT2D eigenvalue weighted by Crippen LogP contribution is -2.55. The number of hydrogen-bond donors (Lipinski definition) is 2. The number of halogens is 1. The molecule has 1 aliphatic heterocycles. The lowest BCUT2D eigenvalue weighted by atomic mass is 9.95. The Hall–Kier alpha value is -2.09. The van der Waals surface area contributed by atoms with Crippen LogP contribution in [0.15, 0.2) is 53.4 Å². The molecule has 2 aromatic carbocycles. The second-order valence-electron chi connectivity index (χ2n) is 8.18. The normalized spacial score (nSPS) is 18.3. The fourth-order valence-corrected chi connectivity index (χ4v) is 5.66. The van der Waals surface area contributed by atoms with Crippen molar-refractivity contribution in [1.82, 2.24) is 10.4 Å². The molecule has 0 radical (unpaired) electrons. The van der Waals surface area contributed by atoms with E-state index in [1.165, 1.54) is 0 Å². The van der Waals surface area contributed by atoms with Gasteiger partial charge in [0.25, 0.3) is 5.91 Å². The highest BCUT2D eigenvalue weighted by molar-refractivity contribution is 7.87. The fourth-order valence-electron chi connectivity index (χ4n) is 4.05. The van der Waals surface area contributed by atoms with E-state index in [0.29, 0.717) is 43.7 Å². The van der Waals surface area contributed by atoms with Gasteiger partial charge in [0.2, 0.25) is 0 Å². The molecule has 2 aromatic rings. The Kier molecular flexibility index (Phi) is 7.97. The van der Waals surface area contributed by atoms with Crippen molar-refractivity contribution < 1.29 is 18.6 Å². The van der Waals surface area contributed by atoms with Crippen LogP contribution in [0.3, 0.4) is 0 Å². The molecule has 1 fully saturated rings. The lowest BCUT2D eigenvalue weighted by molar-refractivity contribution is -0.133. The Morgan fingerprint density at radius 3 is 2.16 bits per heavy atom. The van der Waals surface area contributed by atoms with E-state index in [9.17, 15) is 18.6 Å². The average Bonchev–Trinajstić information content (AvgIpc) is 2.82. The highest BCUT2D eigenvalue weighted by Gasteiger charge is 2.47. The van der Waals surface area contributed by atoms with Crippen molar-refractivity contribution in [1.29, 1.82) is 0 Å². The van der Waals surface area contributed by atoms with E-state index in [1.54, 1.807) is 24.5 Å². The monoisotopic (exact) mass is 446 g/mol. The number of piperidine rings is 1. The number of carbonyl (C=O) groups excluding carboxylic acids is 1. The first kappa shape index (κ1) is 23.6. The van der Waals surface area contributed by atoms with Gasteiger partial charge in [-0.1, -0.05) is 43.3 Å². The van der Waals surface area contributed by atoms with E-state index in [0.717, 1.165) is 23.2 Å². The van der Waals surface area contributed by atoms with E-state index in [-0.39, 0.29) is 0 Å². The number of amides is 1. The number of aryl methyl sites for hydroxylation is 1. The Balaban J connectivity index is 1.76. The van der Waals surface area contributed by atoms with Crippen LogP contribution in [0.4, 0.5) is 4.39 Å². The lowest BCUT2D eigenvalue weighted by Gasteiger charge is -2.38. The number of hydrogen-bond acceptors (Lipinski definition) is 4. The Morgan fingerprint density at radius 2 is 1.68 bits per heavy atom. The zero-order valence-electron chi connectivity index (χ0n) is 18.1. The van der Waals surface area contributed by atoms with Crippen LogP contribution >= 0.6 is 0 Å². The van der Waals surface area contributed by atoms with Crippen LogP contribution in [0.5, 0.6) is 0 Å². The number of hydroxylamine groups is 1. The van der Waals surface area contributed by atoms with Gasteiger partial charge in [-0.05, 0) is 68.0 Å². The Morgan fingerprint density at radius 1 is 1.13 bits per heavy atom. The van der Waals surface area contributed by atoms with Gasteiger partial charge >= 0.3 is 0 Å². The van der Waals surface area contributed by atoms with Crippen LogP contribution in [0.1, 0.15) is 38.7 Å². The molecule has 0 saturated carbocycles. The first-order valence-electron chi connectivity index (χ1n) is 10.8. The second-order valence-corrected chi connectivity index (χ2v) is 9.97. The van der Waals surface area contributed by atoms with Crippen molar-refractivity contribution in [3.8, 4) is 11.1 Å². The number of likely N-dealkylation sites (tertiary alicyclic amines) is 1. The standard InChI is InChI=1S/C24H31FN2O3S/c1-3-27-16-14-24(15-17-27,23(28)26-29)31(30)22-12-10-21(11-13-22)20-8-6-19(7-9-20)5-4-18(2)25/h6-13,18,29H,3-5,14-17H2,1-2H3,(H,26,28). The summed E-state index contributed by atoms with van der Waals surface area (Å²) in [5, 5.41) is 9.29. The van der Waals surface area contributed by atoms with Gasteiger partial charge in [0, 0.05) is 18.0 Å². The first-order chi connectivity index (χ1) is 14.9. The number of nitrogens with one attached hydrogen (secondary N) is 1. The summed E-state index contributed by atoms with van der Waals surface area (Å²) in [6.45, 7) is 5.84. The average molecular weight is 447 g/mol. The molecular formula is C24H31FN2O3S. The van der Waals surface area contributed by atoms with Gasteiger partial charge in [-0.25, -0.2) is 9.87 Å². The predicted octanol–water partition coefficient (Wildman–Crippen LogP) is 4.11. The molecule has 2 unspecified atom stereocenters.